The number of carbonyl (C=O) groups is 1. The minimum Gasteiger partial charge on any atom is -0.344 e. The second-order valence-corrected chi connectivity index (χ2v) is 5.99. The number of amides is 1. The zero-order chi connectivity index (χ0) is 18.0. The number of halogens is 2. The van der Waals surface area contributed by atoms with Gasteiger partial charge >= 0.3 is 0 Å². The third-order valence-corrected chi connectivity index (χ3v) is 4.17. The maximum Gasteiger partial charge on any atom is 0.276 e. The van der Waals surface area contributed by atoms with Crippen LogP contribution in [0.1, 0.15) is 35.4 Å². The zero-order valence-electron chi connectivity index (χ0n) is 13.3. The first kappa shape index (κ1) is 17.1. The van der Waals surface area contributed by atoms with E-state index in [1.807, 2.05) is 13.0 Å². The van der Waals surface area contributed by atoms with Crippen LogP contribution in [0.15, 0.2) is 47.3 Å². The number of nitrogens with zero attached hydrogens (tertiary/aromatic N) is 1. The first-order valence-corrected chi connectivity index (χ1v) is 8.12. The van der Waals surface area contributed by atoms with Crippen LogP contribution in [0.4, 0.5) is 4.39 Å². The van der Waals surface area contributed by atoms with Crippen molar-refractivity contribution in [3.05, 3.63) is 74.8 Å². The monoisotopic (exact) mass is 359 g/mol. The Labute approximate surface area is 147 Å². The van der Waals surface area contributed by atoms with Crippen molar-refractivity contribution in [1.29, 1.82) is 0 Å². The molecular weight excluding hydrogens is 345 g/mol. The highest BCUT2D eigenvalue weighted by Crippen LogP contribution is 2.20. The number of aromatic nitrogens is 2. The highest BCUT2D eigenvalue weighted by atomic mass is 35.5. The molecule has 0 aliphatic rings. The van der Waals surface area contributed by atoms with E-state index in [9.17, 15) is 14.0 Å². The fourth-order valence-corrected chi connectivity index (χ4v) is 2.84. The number of fused-ring (bicyclic) bond motifs is 1. The summed E-state index contributed by atoms with van der Waals surface area (Å²) >= 11 is 5.99. The highest BCUT2D eigenvalue weighted by molar-refractivity contribution is 6.30. The van der Waals surface area contributed by atoms with Gasteiger partial charge in [-0.3, -0.25) is 14.7 Å². The summed E-state index contributed by atoms with van der Waals surface area (Å²) in [5, 5.41) is 9.60. The molecule has 5 nitrogen and oxygen atoms in total. The first-order chi connectivity index (χ1) is 12.0. The molecule has 0 saturated heterocycles. The summed E-state index contributed by atoms with van der Waals surface area (Å²) < 4.78 is 13.7. The van der Waals surface area contributed by atoms with Gasteiger partial charge in [0.2, 0.25) is 5.43 Å². The SMILES string of the molecule is CCC(NC(=O)c1n[nH]c2c(F)cccc2c1=O)c1cccc(Cl)c1. The summed E-state index contributed by atoms with van der Waals surface area (Å²) in [5.74, 6) is -1.22. The van der Waals surface area contributed by atoms with Gasteiger partial charge in [-0.2, -0.15) is 5.10 Å². The van der Waals surface area contributed by atoms with Crippen molar-refractivity contribution in [2.24, 2.45) is 0 Å². The van der Waals surface area contributed by atoms with E-state index >= 15 is 0 Å². The molecule has 0 fully saturated rings. The predicted octanol–water partition coefficient (Wildman–Crippen LogP) is 3.60. The van der Waals surface area contributed by atoms with Crippen molar-refractivity contribution in [3.63, 3.8) is 0 Å². The van der Waals surface area contributed by atoms with Gasteiger partial charge in [0.05, 0.1) is 11.4 Å². The minimum atomic E-state index is -0.626. The second-order valence-electron chi connectivity index (χ2n) is 5.55. The maximum atomic E-state index is 13.7. The summed E-state index contributed by atoms with van der Waals surface area (Å²) in [7, 11) is 0. The number of nitrogens with one attached hydrogen (secondary N) is 2. The molecule has 1 aromatic heterocycles. The van der Waals surface area contributed by atoms with Gasteiger partial charge in [-0.1, -0.05) is 36.7 Å². The highest BCUT2D eigenvalue weighted by Gasteiger charge is 2.20. The molecule has 128 valence electrons. The largest absolute Gasteiger partial charge is 0.344 e. The lowest BCUT2D eigenvalue weighted by Crippen LogP contribution is -2.33. The van der Waals surface area contributed by atoms with Gasteiger partial charge in [-0.05, 0) is 36.2 Å². The average molecular weight is 360 g/mol. The van der Waals surface area contributed by atoms with Crippen molar-refractivity contribution >= 4 is 28.4 Å². The maximum absolute atomic E-state index is 13.7. The van der Waals surface area contributed by atoms with E-state index in [0.717, 1.165) is 5.56 Å². The minimum absolute atomic E-state index is 0.0223. The molecule has 0 aliphatic carbocycles. The number of benzene rings is 2. The number of hydrogen-bond acceptors (Lipinski definition) is 3. The first-order valence-electron chi connectivity index (χ1n) is 7.74. The van der Waals surface area contributed by atoms with Crippen LogP contribution in [-0.2, 0) is 0 Å². The number of para-hydroxylation sites is 1. The third kappa shape index (κ3) is 3.39. The molecule has 0 saturated carbocycles. The molecular formula is C18H15ClFN3O2. The van der Waals surface area contributed by atoms with Gasteiger partial charge in [-0.25, -0.2) is 4.39 Å². The molecule has 0 bridgehead atoms. The molecule has 3 rings (SSSR count). The van der Waals surface area contributed by atoms with Gasteiger partial charge < -0.3 is 5.32 Å². The van der Waals surface area contributed by atoms with Crippen LogP contribution < -0.4 is 10.7 Å². The lowest BCUT2D eigenvalue weighted by Gasteiger charge is -2.17. The van der Waals surface area contributed by atoms with Gasteiger partial charge in [0.1, 0.15) is 11.3 Å². The van der Waals surface area contributed by atoms with E-state index in [-0.39, 0.29) is 22.6 Å². The summed E-state index contributed by atoms with van der Waals surface area (Å²) in [6.07, 6.45) is 0.603. The van der Waals surface area contributed by atoms with Crippen LogP contribution in [0.25, 0.3) is 10.9 Å². The lowest BCUT2D eigenvalue weighted by atomic mass is 10.0. The molecule has 0 spiro atoms. The number of carbonyl (C=O) groups excluding carboxylic acids is 1. The zero-order valence-corrected chi connectivity index (χ0v) is 14.1. The predicted molar refractivity (Wildman–Crippen MR) is 94.3 cm³/mol. The molecule has 2 N–H and O–H groups in total. The second kappa shape index (κ2) is 7.03. The van der Waals surface area contributed by atoms with E-state index in [1.54, 1.807) is 18.2 Å². The molecule has 1 unspecified atom stereocenters. The Bertz CT molecular complexity index is 1000. The van der Waals surface area contributed by atoms with Gasteiger partial charge in [0, 0.05) is 5.02 Å². The van der Waals surface area contributed by atoms with E-state index in [1.165, 1.54) is 18.2 Å². The van der Waals surface area contributed by atoms with Gasteiger partial charge in [0.15, 0.2) is 5.69 Å². The van der Waals surface area contributed by atoms with Crippen molar-refractivity contribution in [1.82, 2.24) is 15.5 Å². The smallest absolute Gasteiger partial charge is 0.276 e. The summed E-state index contributed by atoms with van der Waals surface area (Å²) in [6, 6.07) is 10.9. The van der Waals surface area contributed by atoms with Crippen molar-refractivity contribution in [2.45, 2.75) is 19.4 Å². The quantitative estimate of drug-likeness (QED) is 0.747. The fraction of sp³-hybridized carbons (Fsp3) is 0.167. The van der Waals surface area contributed by atoms with Crippen LogP contribution in [-0.4, -0.2) is 16.1 Å². The van der Waals surface area contributed by atoms with E-state index < -0.39 is 17.2 Å². The standard InChI is InChI=1S/C18H15ClFN3O2/c1-2-14(10-5-3-6-11(19)9-10)21-18(25)16-17(24)12-7-4-8-13(20)15(12)22-23-16/h3-9,14H,2H2,1H3,(H,21,25)(H,22,24). The van der Waals surface area contributed by atoms with Crippen LogP contribution >= 0.6 is 11.6 Å². The van der Waals surface area contributed by atoms with Gasteiger partial charge in [0.25, 0.3) is 5.91 Å². The summed E-state index contributed by atoms with van der Waals surface area (Å²) in [4.78, 5) is 25.0. The number of H-pyrrole nitrogens is 1. The summed E-state index contributed by atoms with van der Waals surface area (Å²) in [6.45, 7) is 1.90. The van der Waals surface area contributed by atoms with E-state index in [4.69, 9.17) is 11.6 Å². The van der Waals surface area contributed by atoms with Crippen LogP contribution in [0.3, 0.4) is 0 Å². The topological polar surface area (TPSA) is 74.8 Å². The molecule has 1 amide bonds. The van der Waals surface area contributed by atoms with Crippen molar-refractivity contribution < 1.29 is 9.18 Å². The third-order valence-electron chi connectivity index (χ3n) is 3.93. The Morgan fingerprint density at radius 1 is 1.32 bits per heavy atom. The molecule has 25 heavy (non-hydrogen) atoms. The van der Waals surface area contributed by atoms with E-state index in [0.29, 0.717) is 11.4 Å². The average Bonchev–Trinajstić information content (AvgIpc) is 2.60. The molecule has 1 atom stereocenters. The molecule has 1 heterocycles. The Morgan fingerprint density at radius 3 is 2.80 bits per heavy atom. The Hall–Kier alpha value is -2.73. The van der Waals surface area contributed by atoms with E-state index in [2.05, 4.69) is 15.5 Å². The Kier molecular flexibility index (Phi) is 4.81. The fourth-order valence-electron chi connectivity index (χ4n) is 2.64. The van der Waals surface area contributed by atoms with Gasteiger partial charge in [-0.15, -0.1) is 0 Å². The van der Waals surface area contributed by atoms with Crippen LogP contribution in [0, 0.1) is 5.82 Å². The number of aromatic amines is 1. The number of rotatable bonds is 4. The number of hydrogen-bond donors (Lipinski definition) is 2. The Morgan fingerprint density at radius 2 is 2.08 bits per heavy atom. The normalized spacial score (nSPS) is 12.1. The van der Waals surface area contributed by atoms with Crippen molar-refractivity contribution in [2.75, 3.05) is 0 Å². The lowest BCUT2D eigenvalue weighted by molar-refractivity contribution is 0.0928. The molecule has 0 radical (unpaired) electrons. The van der Waals surface area contributed by atoms with Crippen molar-refractivity contribution in [3.8, 4) is 0 Å². The molecule has 3 aromatic rings. The van der Waals surface area contributed by atoms with Crippen LogP contribution in [0.2, 0.25) is 5.02 Å². The Balaban J connectivity index is 1.94. The molecule has 2 aromatic carbocycles. The summed E-state index contributed by atoms with van der Waals surface area (Å²) in [5.41, 5.74) is -0.122. The molecule has 7 heteroatoms. The molecule has 0 aliphatic heterocycles. The van der Waals surface area contributed by atoms with Crippen LogP contribution in [0.5, 0.6) is 0 Å².